The van der Waals surface area contributed by atoms with E-state index in [1.165, 1.54) is 0 Å². The SMILES string of the molecule is COc1cc(C(=O)Nc2cnc3c(c2)c(C)nn3C)cc(OC)c1C. The highest BCUT2D eigenvalue weighted by atomic mass is 16.5. The number of anilines is 1. The van der Waals surface area contributed by atoms with Gasteiger partial charge in [-0.05, 0) is 32.0 Å². The van der Waals surface area contributed by atoms with E-state index in [1.807, 2.05) is 27.0 Å². The van der Waals surface area contributed by atoms with Crippen molar-refractivity contribution in [3.63, 3.8) is 0 Å². The normalized spacial score (nSPS) is 10.8. The molecule has 0 aliphatic carbocycles. The van der Waals surface area contributed by atoms with E-state index in [2.05, 4.69) is 15.4 Å². The van der Waals surface area contributed by atoms with Crippen LogP contribution in [0, 0.1) is 13.8 Å². The summed E-state index contributed by atoms with van der Waals surface area (Å²) in [4.78, 5) is 17.0. The molecule has 0 bridgehead atoms. The molecule has 3 rings (SSSR count). The number of hydrogen-bond acceptors (Lipinski definition) is 5. The van der Waals surface area contributed by atoms with Gasteiger partial charge < -0.3 is 14.8 Å². The van der Waals surface area contributed by atoms with Gasteiger partial charge in [0.2, 0.25) is 0 Å². The molecule has 0 unspecified atom stereocenters. The molecule has 1 aromatic carbocycles. The van der Waals surface area contributed by atoms with Crippen molar-refractivity contribution in [1.29, 1.82) is 0 Å². The van der Waals surface area contributed by atoms with E-state index in [4.69, 9.17) is 9.47 Å². The number of methoxy groups -OCH3 is 2. The largest absolute Gasteiger partial charge is 0.496 e. The summed E-state index contributed by atoms with van der Waals surface area (Å²) in [5.41, 5.74) is 3.53. The van der Waals surface area contributed by atoms with Gasteiger partial charge in [0.25, 0.3) is 5.91 Å². The zero-order chi connectivity index (χ0) is 18.1. The van der Waals surface area contributed by atoms with Crippen LogP contribution in [0.3, 0.4) is 0 Å². The van der Waals surface area contributed by atoms with Gasteiger partial charge in [0.15, 0.2) is 5.65 Å². The van der Waals surface area contributed by atoms with E-state index in [1.54, 1.807) is 37.2 Å². The second kappa shape index (κ2) is 6.43. The van der Waals surface area contributed by atoms with E-state index in [-0.39, 0.29) is 5.91 Å². The quantitative estimate of drug-likeness (QED) is 0.790. The molecule has 0 saturated heterocycles. The van der Waals surface area contributed by atoms with Crippen LogP contribution in [0.2, 0.25) is 0 Å². The fourth-order valence-corrected chi connectivity index (χ4v) is 2.80. The van der Waals surface area contributed by atoms with Crippen LogP contribution in [-0.2, 0) is 7.05 Å². The Balaban J connectivity index is 1.93. The summed E-state index contributed by atoms with van der Waals surface area (Å²) in [6, 6.07) is 5.24. The summed E-state index contributed by atoms with van der Waals surface area (Å²) in [7, 11) is 4.96. The Morgan fingerprint density at radius 3 is 2.36 bits per heavy atom. The summed E-state index contributed by atoms with van der Waals surface area (Å²) in [6.45, 7) is 3.79. The Morgan fingerprint density at radius 1 is 1.12 bits per heavy atom. The molecule has 3 aromatic rings. The van der Waals surface area contributed by atoms with Crippen LogP contribution in [0.15, 0.2) is 24.4 Å². The number of benzene rings is 1. The van der Waals surface area contributed by atoms with Crippen molar-refractivity contribution in [3.05, 3.63) is 41.2 Å². The van der Waals surface area contributed by atoms with Crippen LogP contribution in [0.4, 0.5) is 5.69 Å². The van der Waals surface area contributed by atoms with Crippen LogP contribution < -0.4 is 14.8 Å². The van der Waals surface area contributed by atoms with Gasteiger partial charge in [0, 0.05) is 23.6 Å². The number of pyridine rings is 1. The molecule has 25 heavy (non-hydrogen) atoms. The second-order valence-electron chi connectivity index (χ2n) is 5.76. The van der Waals surface area contributed by atoms with Crippen molar-refractivity contribution in [3.8, 4) is 11.5 Å². The Kier molecular flexibility index (Phi) is 4.31. The van der Waals surface area contributed by atoms with E-state index >= 15 is 0 Å². The lowest BCUT2D eigenvalue weighted by Crippen LogP contribution is -2.13. The molecule has 1 N–H and O–H groups in total. The fourth-order valence-electron chi connectivity index (χ4n) is 2.80. The third-order valence-electron chi connectivity index (χ3n) is 4.14. The maximum absolute atomic E-state index is 12.6. The molecule has 0 radical (unpaired) electrons. The molecule has 0 fully saturated rings. The highest BCUT2D eigenvalue weighted by Crippen LogP contribution is 2.30. The highest BCUT2D eigenvalue weighted by molar-refractivity contribution is 6.05. The van der Waals surface area contributed by atoms with Crippen LogP contribution in [0.5, 0.6) is 11.5 Å². The Labute approximate surface area is 145 Å². The lowest BCUT2D eigenvalue weighted by molar-refractivity contribution is 0.102. The summed E-state index contributed by atoms with van der Waals surface area (Å²) >= 11 is 0. The maximum Gasteiger partial charge on any atom is 0.255 e. The number of aromatic nitrogens is 3. The van der Waals surface area contributed by atoms with Crippen LogP contribution in [0.25, 0.3) is 11.0 Å². The van der Waals surface area contributed by atoms with Gasteiger partial charge in [-0.2, -0.15) is 5.10 Å². The van der Waals surface area contributed by atoms with Gasteiger partial charge in [-0.3, -0.25) is 9.48 Å². The number of nitrogens with zero attached hydrogens (tertiary/aromatic N) is 3. The first-order valence-corrected chi connectivity index (χ1v) is 7.78. The maximum atomic E-state index is 12.6. The Hall–Kier alpha value is -3.09. The lowest BCUT2D eigenvalue weighted by atomic mass is 10.1. The van der Waals surface area contributed by atoms with Gasteiger partial charge in [-0.15, -0.1) is 0 Å². The van der Waals surface area contributed by atoms with E-state index < -0.39 is 0 Å². The smallest absolute Gasteiger partial charge is 0.255 e. The predicted molar refractivity (Wildman–Crippen MR) is 95.5 cm³/mol. The van der Waals surface area contributed by atoms with Crippen molar-refractivity contribution in [2.24, 2.45) is 7.05 Å². The average molecular weight is 340 g/mol. The topological polar surface area (TPSA) is 78.3 Å². The van der Waals surface area contributed by atoms with E-state index in [0.29, 0.717) is 22.7 Å². The minimum Gasteiger partial charge on any atom is -0.496 e. The summed E-state index contributed by atoms with van der Waals surface area (Å²) in [5.74, 6) is 0.932. The molecular weight excluding hydrogens is 320 g/mol. The van der Waals surface area contributed by atoms with Crippen LogP contribution >= 0.6 is 0 Å². The zero-order valence-corrected chi connectivity index (χ0v) is 14.9. The monoisotopic (exact) mass is 340 g/mol. The van der Waals surface area contributed by atoms with Crippen molar-refractivity contribution >= 4 is 22.6 Å². The Morgan fingerprint density at radius 2 is 1.76 bits per heavy atom. The summed E-state index contributed by atoms with van der Waals surface area (Å²) in [5, 5.41) is 8.09. The first kappa shape index (κ1) is 16.8. The number of ether oxygens (including phenoxy) is 2. The molecule has 7 heteroatoms. The number of carbonyl (C=O) groups is 1. The number of amides is 1. The molecule has 0 aliphatic rings. The van der Waals surface area contributed by atoms with Gasteiger partial charge in [0.1, 0.15) is 11.5 Å². The first-order chi connectivity index (χ1) is 11.9. The average Bonchev–Trinajstić information content (AvgIpc) is 2.89. The fraction of sp³-hybridized carbons (Fsp3) is 0.278. The van der Waals surface area contributed by atoms with E-state index in [9.17, 15) is 4.79 Å². The second-order valence-corrected chi connectivity index (χ2v) is 5.76. The van der Waals surface area contributed by atoms with Crippen molar-refractivity contribution in [2.45, 2.75) is 13.8 Å². The van der Waals surface area contributed by atoms with Crippen molar-refractivity contribution in [2.75, 3.05) is 19.5 Å². The predicted octanol–water partition coefficient (Wildman–Crippen LogP) is 2.85. The molecule has 130 valence electrons. The third kappa shape index (κ3) is 3.00. The lowest BCUT2D eigenvalue weighted by Gasteiger charge is -2.12. The molecule has 7 nitrogen and oxygen atoms in total. The Bertz CT molecular complexity index is 937. The van der Waals surface area contributed by atoms with Crippen LogP contribution in [-0.4, -0.2) is 34.9 Å². The van der Waals surface area contributed by atoms with E-state index in [0.717, 1.165) is 22.3 Å². The number of hydrogen-bond donors (Lipinski definition) is 1. The molecule has 2 heterocycles. The third-order valence-corrected chi connectivity index (χ3v) is 4.14. The zero-order valence-electron chi connectivity index (χ0n) is 14.9. The van der Waals surface area contributed by atoms with Gasteiger partial charge in [-0.1, -0.05) is 0 Å². The van der Waals surface area contributed by atoms with Crippen molar-refractivity contribution in [1.82, 2.24) is 14.8 Å². The minimum absolute atomic E-state index is 0.265. The molecule has 2 aromatic heterocycles. The molecule has 0 aliphatic heterocycles. The van der Waals surface area contributed by atoms with Gasteiger partial charge in [0.05, 0.1) is 31.8 Å². The van der Waals surface area contributed by atoms with Crippen LogP contribution in [0.1, 0.15) is 21.6 Å². The number of fused-ring (bicyclic) bond motifs is 1. The summed E-state index contributed by atoms with van der Waals surface area (Å²) in [6.07, 6.45) is 1.62. The molecule has 0 spiro atoms. The molecule has 1 amide bonds. The number of aryl methyl sites for hydroxylation is 2. The molecular formula is C18H20N4O3. The summed E-state index contributed by atoms with van der Waals surface area (Å²) < 4.78 is 12.4. The number of nitrogens with one attached hydrogen (secondary N) is 1. The first-order valence-electron chi connectivity index (χ1n) is 7.78. The standard InChI is InChI=1S/C18H20N4O3/c1-10-15(24-4)6-12(7-16(10)25-5)18(23)20-13-8-14-11(2)21-22(3)17(14)19-9-13/h6-9H,1-5H3,(H,20,23). The molecule has 0 saturated carbocycles. The van der Waals surface area contributed by atoms with Crippen molar-refractivity contribution < 1.29 is 14.3 Å². The highest BCUT2D eigenvalue weighted by Gasteiger charge is 2.15. The molecule has 0 atom stereocenters. The van der Waals surface area contributed by atoms with Gasteiger partial charge in [-0.25, -0.2) is 4.98 Å². The van der Waals surface area contributed by atoms with Gasteiger partial charge >= 0.3 is 0 Å². The minimum atomic E-state index is -0.265. The number of carbonyl (C=O) groups excluding carboxylic acids is 1. The number of rotatable bonds is 4.